The summed E-state index contributed by atoms with van der Waals surface area (Å²) in [6.45, 7) is 5.96. The molecule has 1 rings (SSSR count). The van der Waals surface area contributed by atoms with E-state index in [-0.39, 0.29) is 6.61 Å². The van der Waals surface area contributed by atoms with Crippen molar-refractivity contribution in [3.63, 3.8) is 0 Å². The molecule has 1 aromatic carbocycles. The molecule has 0 fully saturated rings. The van der Waals surface area contributed by atoms with Crippen LogP contribution in [0.1, 0.15) is 25.8 Å². The summed E-state index contributed by atoms with van der Waals surface area (Å²) in [4.78, 5) is 3.19. The second-order valence-electron chi connectivity index (χ2n) is 3.85. The van der Waals surface area contributed by atoms with Crippen LogP contribution in [0.2, 0.25) is 0 Å². The first-order valence-corrected chi connectivity index (χ1v) is 7.28. The van der Waals surface area contributed by atoms with Crippen molar-refractivity contribution < 1.29 is 5.11 Å². The summed E-state index contributed by atoms with van der Waals surface area (Å²) >= 11 is 1.69. The maximum atomic E-state index is 9.36. The Balaban J connectivity index is 3.06. The highest BCUT2D eigenvalue weighted by Gasteiger charge is 2.12. The van der Waals surface area contributed by atoms with Crippen molar-refractivity contribution in [3.05, 3.63) is 23.8 Å². The first kappa shape index (κ1) is 14.9. The summed E-state index contributed by atoms with van der Waals surface area (Å²) in [5.74, 6) is 0.959. The molecule has 0 aliphatic carbocycles. The molecule has 0 bridgehead atoms. The molecule has 0 unspecified atom stereocenters. The normalized spacial score (nSPS) is 10.1. The standard InChI is InChI=1S/C14H20N2OS/c1-3-16(9-6-10-17)13-7-5-8-14(18-4-2)12(13)11-15/h5,7-8,17H,3-4,6,9-10H2,1-2H3. The van der Waals surface area contributed by atoms with E-state index in [1.807, 2.05) is 18.2 Å². The Morgan fingerprint density at radius 1 is 1.39 bits per heavy atom. The average Bonchev–Trinajstić information content (AvgIpc) is 2.40. The minimum Gasteiger partial charge on any atom is -0.396 e. The highest BCUT2D eigenvalue weighted by atomic mass is 32.2. The van der Waals surface area contributed by atoms with Crippen molar-refractivity contribution in [3.8, 4) is 6.07 Å². The Morgan fingerprint density at radius 2 is 2.17 bits per heavy atom. The molecule has 1 aromatic rings. The van der Waals surface area contributed by atoms with Crippen molar-refractivity contribution >= 4 is 17.4 Å². The van der Waals surface area contributed by atoms with Gasteiger partial charge in [0.15, 0.2) is 0 Å². The summed E-state index contributed by atoms with van der Waals surface area (Å²) in [5.41, 5.74) is 1.73. The summed E-state index contributed by atoms with van der Waals surface area (Å²) in [6, 6.07) is 8.29. The van der Waals surface area contributed by atoms with Crippen LogP contribution in [-0.2, 0) is 0 Å². The quantitative estimate of drug-likeness (QED) is 0.769. The number of benzene rings is 1. The largest absolute Gasteiger partial charge is 0.396 e. The van der Waals surface area contributed by atoms with E-state index in [4.69, 9.17) is 5.11 Å². The summed E-state index contributed by atoms with van der Waals surface area (Å²) in [7, 11) is 0. The molecule has 0 radical (unpaired) electrons. The van der Waals surface area contributed by atoms with Crippen LogP contribution in [0, 0.1) is 11.3 Å². The topological polar surface area (TPSA) is 47.3 Å². The molecule has 0 aliphatic rings. The lowest BCUT2D eigenvalue weighted by atomic mass is 10.1. The molecule has 4 heteroatoms. The second-order valence-corrected chi connectivity index (χ2v) is 5.16. The highest BCUT2D eigenvalue weighted by Crippen LogP contribution is 2.30. The summed E-state index contributed by atoms with van der Waals surface area (Å²) in [5, 5.41) is 18.3. The fraction of sp³-hybridized carbons (Fsp3) is 0.500. The Morgan fingerprint density at radius 3 is 2.72 bits per heavy atom. The molecular weight excluding hydrogens is 244 g/mol. The van der Waals surface area contributed by atoms with Crippen molar-refractivity contribution in [2.45, 2.75) is 25.2 Å². The van der Waals surface area contributed by atoms with E-state index in [1.54, 1.807) is 11.8 Å². The third-order valence-corrected chi connectivity index (χ3v) is 3.66. The van der Waals surface area contributed by atoms with Gasteiger partial charge in [0.1, 0.15) is 6.07 Å². The van der Waals surface area contributed by atoms with Crippen molar-refractivity contribution in [1.29, 1.82) is 5.26 Å². The number of aliphatic hydroxyl groups is 1. The average molecular weight is 264 g/mol. The second kappa shape index (κ2) is 8.02. The Kier molecular flexibility index (Phi) is 6.63. The third-order valence-electron chi connectivity index (χ3n) is 2.72. The monoisotopic (exact) mass is 264 g/mol. The first-order chi connectivity index (χ1) is 8.78. The van der Waals surface area contributed by atoms with Crippen LogP contribution in [0.4, 0.5) is 5.69 Å². The molecule has 1 N–H and O–H groups in total. The predicted octanol–water partition coefficient (Wildman–Crippen LogP) is 2.88. The van der Waals surface area contributed by atoms with Gasteiger partial charge in [0, 0.05) is 24.6 Å². The highest BCUT2D eigenvalue weighted by molar-refractivity contribution is 7.99. The van der Waals surface area contributed by atoms with E-state index in [1.165, 1.54) is 0 Å². The Bertz CT molecular complexity index is 415. The minimum absolute atomic E-state index is 0.182. The van der Waals surface area contributed by atoms with Crippen molar-refractivity contribution in [2.75, 3.05) is 30.3 Å². The zero-order chi connectivity index (χ0) is 13.4. The van der Waals surface area contributed by atoms with Gasteiger partial charge < -0.3 is 10.0 Å². The van der Waals surface area contributed by atoms with Crippen molar-refractivity contribution in [1.82, 2.24) is 0 Å². The summed E-state index contributed by atoms with van der Waals surface area (Å²) in [6.07, 6.45) is 0.726. The van der Waals surface area contributed by atoms with E-state index in [9.17, 15) is 5.26 Å². The number of hydrogen-bond acceptors (Lipinski definition) is 4. The lowest BCUT2D eigenvalue weighted by molar-refractivity contribution is 0.289. The van der Waals surface area contributed by atoms with Gasteiger partial charge in [0.2, 0.25) is 0 Å². The molecule has 0 aromatic heterocycles. The predicted molar refractivity (Wildman–Crippen MR) is 77.1 cm³/mol. The fourth-order valence-corrected chi connectivity index (χ4v) is 2.66. The molecule has 0 aliphatic heterocycles. The number of nitrogens with zero attached hydrogens (tertiary/aromatic N) is 2. The van der Waals surface area contributed by atoms with E-state index in [2.05, 4.69) is 24.8 Å². The maximum absolute atomic E-state index is 9.36. The van der Waals surface area contributed by atoms with Crippen LogP contribution >= 0.6 is 11.8 Å². The maximum Gasteiger partial charge on any atom is 0.103 e. The number of hydrogen-bond donors (Lipinski definition) is 1. The van der Waals surface area contributed by atoms with Crippen LogP contribution in [0.25, 0.3) is 0 Å². The van der Waals surface area contributed by atoms with Crippen LogP contribution < -0.4 is 4.90 Å². The van der Waals surface area contributed by atoms with Gasteiger partial charge in [-0.3, -0.25) is 0 Å². The van der Waals surface area contributed by atoms with Crippen LogP contribution in [0.5, 0.6) is 0 Å². The van der Waals surface area contributed by atoms with Gasteiger partial charge in [-0.2, -0.15) is 5.26 Å². The fourth-order valence-electron chi connectivity index (χ4n) is 1.88. The minimum atomic E-state index is 0.182. The Hall–Kier alpha value is -1.18. The van der Waals surface area contributed by atoms with E-state index < -0.39 is 0 Å². The van der Waals surface area contributed by atoms with E-state index >= 15 is 0 Å². The summed E-state index contributed by atoms with van der Waals surface area (Å²) < 4.78 is 0. The SMILES string of the molecule is CCSc1cccc(N(CC)CCCO)c1C#N. The molecule has 0 amide bonds. The zero-order valence-electron chi connectivity index (χ0n) is 11.0. The van der Waals surface area contributed by atoms with E-state index in [0.717, 1.165) is 41.4 Å². The molecule has 0 atom stereocenters. The van der Waals surface area contributed by atoms with Crippen LogP contribution in [0.3, 0.4) is 0 Å². The molecule has 0 heterocycles. The van der Waals surface area contributed by atoms with Crippen molar-refractivity contribution in [2.24, 2.45) is 0 Å². The molecular formula is C14H20N2OS. The number of aliphatic hydroxyl groups excluding tert-OH is 1. The molecule has 18 heavy (non-hydrogen) atoms. The van der Waals surface area contributed by atoms with Gasteiger partial charge in [-0.1, -0.05) is 13.0 Å². The zero-order valence-corrected chi connectivity index (χ0v) is 11.8. The number of rotatable bonds is 7. The number of thioether (sulfide) groups is 1. The molecule has 0 saturated carbocycles. The lowest BCUT2D eigenvalue weighted by Crippen LogP contribution is -2.25. The first-order valence-electron chi connectivity index (χ1n) is 6.30. The smallest absolute Gasteiger partial charge is 0.103 e. The van der Waals surface area contributed by atoms with Gasteiger partial charge in [-0.15, -0.1) is 11.8 Å². The van der Waals surface area contributed by atoms with Gasteiger partial charge in [-0.25, -0.2) is 0 Å². The van der Waals surface area contributed by atoms with Gasteiger partial charge in [0.05, 0.1) is 11.3 Å². The van der Waals surface area contributed by atoms with Crippen LogP contribution in [-0.4, -0.2) is 30.6 Å². The Labute approximate surface area is 113 Å². The number of anilines is 1. The molecule has 98 valence electrons. The van der Waals surface area contributed by atoms with E-state index in [0.29, 0.717) is 0 Å². The molecule has 0 saturated heterocycles. The number of nitriles is 1. The lowest BCUT2D eigenvalue weighted by Gasteiger charge is -2.24. The molecule has 0 spiro atoms. The third kappa shape index (κ3) is 3.66. The van der Waals surface area contributed by atoms with Gasteiger partial charge >= 0.3 is 0 Å². The van der Waals surface area contributed by atoms with Crippen LogP contribution in [0.15, 0.2) is 23.1 Å². The van der Waals surface area contributed by atoms with Gasteiger partial charge in [0.25, 0.3) is 0 Å². The molecule has 3 nitrogen and oxygen atoms in total. The van der Waals surface area contributed by atoms with Gasteiger partial charge in [-0.05, 0) is 31.2 Å².